The number of rotatable bonds is 2. The standard InChI is InChI=1S/C5H10N/c1-3-4-5(2)6/h3,5H,1-2,4,6H2. The van der Waals surface area contributed by atoms with Crippen molar-refractivity contribution < 1.29 is 0 Å². The Bertz CT molecular complexity index is 39.2. The summed E-state index contributed by atoms with van der Waals surface area (Å²) in [6.45, 7) is 7.02. The van der Waals surface area contributed by atoms with E-state index in [1.165, 1.54) is 0 Å². The maximum Gasteiger partial charge on any atom is 0.00738 e. The average molecular weight is 84.1 g/mol. The molecule has 1 unspecified atom stereocenters. The van der Waals surface area contributed by atoms with Crippen molar-refractivity contribution in [3.05, 3.63) is 19.6 Å². The first-order chi connectivity index (χ1) is 2.77. The van der Waals surface area contributed by atoms with Crippen LogP contribution in [0.3, 0.4) is 0 Å². The summed E-state index contributed by atoms with van der Waals surface area (Å²) in [5, 5.41) is 0. The second kappa shape index (κ2) is 2.91. The van der Waals surface area contributed by atoms with E-state index in [0.717, 1.165) is 6.42 Å². The molecule has 1 heteroatoms. The molecule has 0 saturated heterocycles. The normalized spacial score (nSPS) is 13.7. The van der Waals surface area contributed by atoms with Gasteiger partial charge in [0.1, 0.15) is 0 Å². The van der Waals surface area contributed by atoms with Gasteiger partial charge in [0.2, 0.25) is 0 Å². The second-order valence-corrected chi connectivity index (χ2v) is 1.28. The van der Waals surface area contributed by atoms with Gasteiger partial charge in [0.05, 0.1) is 0 Å². The van der Waals surface area contributed by atoms with Crippen LogP contribution in [0.5, 0.6) is 0 Å². The molecule has 2 N–H and O–H groups in total. The van der Waals surface area contributed by atoms with Crippen molar-refractivity contribution in [2.75, 3.05) is 0 Å². The highest BCUT2D eigenvalue weighted by Gasteiger charge is 1.82. The first-order valence-electron chi connectivity index (χ1n) is 1.97. The molecule has 0 aromatic carbocycles. The van der Waals surface area contributed by atoms with Gasteiger partial charge in [-0.25, -0.2) is 0 Å². The van der Waals surface area contributed by atoms with Gasteiger partial charge in [-0.1, -0.05) is 6.08 Å². The van der Waals surface area contributed by atoms with Gasteiger partial charge in [0, 0.05) is 6.04 Å². The number of nitrogens with two attached hydrogens (primary N) is 1. The molecule has 0 aliphatic heterocycles. The van der Waals surface area contributed by atoms with Crippen LogP contribution in [0, 0.1) is 6.92 Å². The quantitative estimate of drug-likeness (QED) is 0.490. The highest BCUT2D eigenvalue weighted by atomic mass is 14.6. The van der Waals surface area contributed by atoms with Crippen molar-refractivity contribution in [2.45, 2.75) is 12.5 Å². The van der Waals surface area contributed by atoms with Gasteiger partial charge in [-0.3, -0.25) is 0 Å². The van der Waals surface area contributed by atoms with Gasteiger partial charge in [-0.2, -0.15) is 0 Å². The maximum atomic E-state index is 5.22. The van der Waals surface area contributed by atoms with Crippen LogP contribution in [-0.4, -0.2) is 6.04 Å². The lowest BCUT2D eigenvalue weighted by atomic mass is 10.3. The zero-order valence-electron chi connectivity index (χ0n) is 3.85. The van der Waals surface area contributed by atoms with Crippen molar-refractivity contribution in [1.82, 2.24) is 0 Å². The van der Waals surface area contributed by atoms with E-state index in [2.05, 4.69) is 13.5 Å². The molecular weight excluding hydrogens is 74.1 g/mol. The van der Waals surface area contributed by atoms with Crippen molar-refractivity contribution >= 4 is 0 Å². The average Bonchev–Trinajstić information content (AvgIpc) is 1.35. The van der Waals surface area contributed by atoms with Crippen molar-refractivity contribution in [2.24, 2.45) is 5.73 Å². The van der Waals surface area contributed by atoms with Crippen LogP contribution in [0.4, 0.5) is 0 Å². The summed E-state index contributed by atoms with van der Waals surface area (Å²) in [5.74, 6) is 0. The molecule has 0 saturated carbocycles. The van der Waals surface area contributed by atoms with Crippen LogP contribution < -0.4 is 5.73 Å². The zero-order chi connectivity index (χ0) is 4.99. The SMILES string of the molecule is [CH2]C(N)CC=C. The van der Waals surface area contributed by atoms with E-state index in [1.54, 1.807) is 6.08 Å². The fourth-order valence-electron chi connectivity index (χ4n) is 0.214. The fourth-order valence-corrected chi connectivity index (χ4v) is 0.214. The van der Waals surface area contributed by atoms with Gasteiger partial charge >= 0.3 is 0 Å². The molecule has 0 amide bonds. The lowest BCUT2D eigenvalue weighted by Crippen LogP contribution is -2.12. The molecule has 1 nitrogen and oxygen atoms in total. The predicted octanol–water partition coefficient (Wildman–Crippen LogP) is 0.724. The molecule has 0 aliphatic rings. The summed E-state index contributed by atoms with van der Waals surface area (Å²) in [4.78, 5) is 0. The van der Waals surface area contributed by atoms with Gasteiger partial charge < -0.3 is 5.73 Å². The third kappa shape index (κ3) is 3.70. The Hall–Kier alpha value is -0.300. The van der Waals surface area contributed by atoms with Gasteiger partial charge in [0.25, 0.3) is 0 Å². The lowest BCUT2D eigenvalue weighted by molar-refractivity contribution is 0.832. The van der Waals surface area contributed by atoms with Gasteiger partial charge in [-0.05, 0) is 13.3 Å². The van der Waals surface area contributed by atoms with Crippen LogP contribution >= 0.6 is 0 Å². The van der Waals surface area contributed by atoms with E-state index in [1.807, 2.05) is 0 Å². The van der Waals surface area contributed by atoms with Crippen molar-refractivity contribution in [3.63, 3.8) is 0 Å². The molecule has 0 bridgehead atoms. The summed E-state index contributed by atoms with van der Waals surface area (Å²) in [6, 6.07) is 0.0301. The Labute approximate surface area is 38.8 Å². The number of hydrogen-bond acceptors (Lipinski definition) is 1. The highest BCUT2D eigenvalue weighted by Crippen LogP contribution is 1.81. The van der Waals surface area contributed by atoms with E-state index < -0.39 is 0 Å². The first kappa shape index (κ1) is 5.70. The van der Waals surface area contributed by atoms with Crippen LogP contribution in [0.1, 0.15) is 6.42 Å². The zero-order valence-corrected chi connectivity index (χ0v) is 3.85. The Morgan fingerprint density at radius 1 is 1.83 bits per heavy atom. The third-order valence-electron chi connectivity index (χ3n) is 0.469. The van der Waals surface area contributed by atoms with Crippen LogP contribution in [-0.2, 0) is 0 Å². The topological polar surface area (TPSA) is 26.0 Å². The van der Waals surface area contributed by atoms with Crippen molar-refractivity contribution in [1.29, 1.82) is 0 Å². The number of hydrogen-bond donors (Lipinski definition) is 1. The molecule has 0 aliphatic carbocycles. The minimum absolute atomic E-state index is 0.0301. The van der Waals surface area contributed by atoms with E-state index >= 15 is 0 Å². The molecule has 1 radical (unpaired) electrons. The summed E-state index contributed by atoms with van der Waals surface area (Å²) >= 11 is 0. The molecule has 0 fully saturated rings. The monoisotopic (exact) mass is 84.1 g/mol. The summed E-state index contributed by atoms with van der Waals surface area (Å²) in [7, 11) is 0. The molecule has 6 heavy (non-hydrogen) atoms. The van der Waals surface area contributed by atoms with E-state index in [-0.39, 0.29) is 6.04 Å². The van der Waals surface area contributed by atoms with E-state index in [0.29, 0.717) is 0 Å². The fraction of sp³-hybridized carbons (Fsp3) is 0.400. The molecule has 0 aromatic rings. The lowest BCUT2D eigenvalue weighted by Gasteiger charge is -1.93. The largest absolute Gasteiger partial charge is 0.327 e. The van der Waals surface area contributed by atoms with E-state index in [9.17, 15) is 0 Å². The van der Waals surface area contributed by atoms with Crippen LogP contribution in [0.25, 0.3) is 0 Å². The molecule has 1 atom stereocenters. The smallest absolute Gasteiger partial charge is 0.00738 e. The summed E-state index contributed by atoms with van der Waals surface area (Å²) < 4.78 is 0. The Kier molecular flexibility index (Phi) is 2.77. The van der Waals surface area contributed by atoms with E-state index in [4.69, 9.17) is 5.73 Å². The predicted molar refractivity (Wildman–Crippen MR) is 28.1 cm³/mol. The van der Waals surface area contributed by atoms with Gasteiger partial charge in [0.15, 0.2) is 0 Å². The van der Waals surface area contributed by atoms with Crippen LogP contribution in [0.2, 0.25) is 0 Å². The first-order valence-corrected chi connectivity index (χ1v) is 1.97. The molecule has 0 rings (SSSR count). The molecule has 35 valence electrons. The second-order valence-electron chi connectivity index (χ2n) is 1.28. The third-order valence-corrected chi connectivity index (χ3v) is 0.469. The molecule has 0 spiro atoms. The maximum absolute atomic E-state index is 5.22. The minimum atomic E-state index is 0.0301. The Morgan fingerprint density at radius 2 is 2.33 bits per heavy atom. The molecule has 0 heterocycles. The molecule has 0 aromatic heterocycles. The summed E-state index contributed by atoms with van der Waals surface area (Å²) in [6.07, 6.45) is 2.57. The van der Waals surface area contributed by atoms with Gasteiger partial charge in [-0.15, -0.1) is 6.58 Å². The molecular formula is C5H10N. The van der Waals surface area contributed by atoms with Crippen LogP contribution in [0.15, 0.2) is 12.7 Å². The van der Waals surface area contributed by atoms with Crippen molar-refractivity contribution in [3.8, 4) is 0 Å². The Balaban J connectivity index is 2.81. The highest BCUT2D eigenvalue weighted by molar-refractivity contribution is 4.75. The summed E-state index contributed by atoms with van der Waals surface area (Å²) in [5.41, 5.74) is 5.22. The Morgan fingerprint density at radius 3 is 2.33 bits per heavy atom. The minimum Gasteiger partial charge on any atom is -0.327 e.